The molecule has 2 aromatic rings. The Labute approximate surface area is 123 Å². The van der Waals surface area contributed by atoms with Crippen LogP contribution in [0.25, 0.3) is 0 Å². The molecule has 0 saturated heterocycles. The Morgan fingerprint density at radius 3 is 2.85 bits per heavy atom. The monoisotopic (exact) mass is 289 g/mol. The molecular formula is C16H16ClNO2. The molecule has 20 heavy (non-hydrogen) atoms. The first-order valence-electron chi connectivity index (χ1n) is 6.73. The van der Waals surface area contributed by atoms with Crippen molar-refractivity contribution in [3.63, 3.8) is 0 Å². The summed E-state index contributed by atoms with van der Waals surface area (Å²) in [6.07, 6.45) is 5.06. The van der Waals surface area contributed by atoms with E-state index in [-0.39, 0.29) is 0 Å². The van der Waals surface area contributed by atoms with Gasteiger partial charge in [-0.1, -0.05) is 11.6 Å². The van der Waals surface area contributed by atoms with Crippen LogP contribution in [0.1, 0.15) is 16.7 Å². The molecular weight excluding hydrogens is 274 g/mol. The fourth-order valence-corrected chi connectivity index (χ4v) is 2.88. The molecule has 0 fully saturated rings. The van der Waals surface area contributed by atoms with E-state index in [4.69, 9.17) is 16.3 Å². The number of rotatable bonds is 4. The van der Waals surface area contributed by atoms with Gasteiger partial charge in [-0.2, -0.15) is 0 Å². The topological polar surface area (TPSA) is 42.4 Å². The second kappa shape index (κ2) is 5.81. The highest BCUT2D eigenvalue weighted by atomic mass is 35.5. The van der Waals surface area contributed by atoms with E-state index in [0.717, 1.165) is 28.9 Å². The van der Waals surface area contributed by atoms with Gasteiger partial charge in [0.05, 0.1) is 12.7 Å². The molecule has 104 valence electrons. The lowest BCUT2D eigenvalue weighted by Crippen LogP contribution is -2.14. The van der Waals surface area contributed by atoms with Gasteiger partial charge in [-0.3, -0.25) is 4.98 Å². The third-order valence-electron chi connectivity index (χ3n) is 3.50. The van der Waals surface area contributed by atoms with Crippen LogP contribution in [0.2, 0.25) is 5.02 Å². The van der Waals surface area contributed by atoms with Gasteiger partial charge in [0.15, 0.2) is 0 Å². The Balaban J connectivity index is 1.75. The minimum absolute atomic E-state index is 0.454. The van der Waals surface area contributed by atoms with Gasteiger partial charge in [-0.25, -0.2) is 0 Å². The summed E-state index contributed by atoms with van der Waals surface area (Å²) < 4.78 is 5.66. The van der Waals surface area contributed by atoms with E-state index < -0.39 is 6.10 Å². The SMILES string of the molecule is OC(Cc1ccncc1)Cc1cc(Cl)cc2c1OCC2. The highest BCUT2D eigenvalue weighted by Gasteiger charge is 2.19. The van der Waals surface area contributed by atoms with Crippen LogP contribution in [-0.2, 0) is 19.3 Å². The molecule has 1 N–H and O–H groups in total. The fourth-order valence-electron chi connectivity index (χ4n) is 2.61. The number of aliphatic hydroxyl groups is 1. The van der Waals surface area contributed by atoms with Crippen LogP contribution in [0.5, 0.6) is 5.75 Å². The minimum atomic E-state index is -0.454. The largest absolute Gasteiger partial charge is 0.493 e. The predicted molar refractivity (Wildman–Crippen MR) is 78.3 cm³/mol. The lowest BCUT2D eigenvalue weighted by Gasteiger charge is -2.14. The van der Waals surface area contributed by atoms with Crippen molar-refractivity contribution in [3.05, 3.63) is 58.4 Å². The summed E-state index contributed by atoms with van der Waals surface area (Å²) in [4.78, 5) is 3.98. The highest BCUT2D eigenvalue weighted by Crippen LogP contribution is 2.33. The van der Waals surface area contributed by atoms with Gasteiger partial charge in [-0.05, 0) is 47.4 Å². The normalized spacial score (nSPS) is 14.7. The maximum Gasteiger partial charge on any atom is 0.126 e. The van der Waals surface area contributed by atoms with Crippen LogP contribution in [0, 0.1) is 0 Å². The average Bonchev–Trinajstić information content (AvgIpc) is 2.88. The number of hydrogen-bond donors (Lipinski definition) is 1. The number of aliphatic hydroxyl groups excluding tert-OH is 1. The van der Waals surface area contributed by atoms with Crippen molar-refractivity contribution in [1.82, 2.24) is 4.98 Å². The standard InChI is InChI=1S/C16H16ClNO2/c17-14-8-12-3-6-20-16(12)13(9-14)10-15(19)7-11-1-4-18-5-2-11/h1-2,4-5,8-9,15,19H,3,6-7,10H2. The van der Waals surface area contributed by atoms with Crippen molar-refractivity contribution in [3.8, 4) is 5.75 Å². The van der Waals surface area contributed by atoms with Crippen molar-refractivity contribution in [2.45, 2.75) is 25.4 Å². The van der Waals surface area contributed by atoms with E-state index >= 15 is 0 Å². The van der Waals surface area contributed by atoms with Gasteiger partial charge in [-0.15, -0.1) is 0 Å². The van der Waals surface area contributed by atoms with Crippen molar-refractivity contribution in [2.24, 2.45) is 0 Å². The van der Waals surface area contributed by atoms with Crippen LogP contribution in [-0.4, -0.2) is 22.8 Å². The number of pyridine rings is 1. The fraction of sp³-hybridized carbons (Fsp3) is 0.312. The van der Waals surface area contributed by atoms with Gasteiger partial charge in [0.2, 0.25) is 0 Å². The smallest absolute Gasteiger partial charge is 0.126 e. The Hall–Kier alpha value is -1.58. The first kappa shape index (κ1) is 13.4. The Morgan fingerprint density at radius 1 is 1.25 bits per heavy atom. The van der Waals surface area contributed by atoms with Crippen molar-refractivity contribution >= 4 is 11.6 Å². The molecule has 4 heteroatoms. The van der Waals surface area contributed by atoms with Crippen LogP contribution in [0.3, 0.4) is 0 Å². The van der Waals surface area contributed by atoms with E-state index in [1.54, 1.807) is 12.4 Å². The summed E-state index contributed by atoms with van der Waals surface area (Å²) in [5.74, 6) is 0.906. The van der Waals surface area contributed by atoms with E-state index in [1.807, 2.05) is 24.3 Å². The molecule has 0 aliphatic carbocycles. The maximum atomic E-state index is 10.3. The summed E-state index contributed by atoms with van der Waals surface area (Å²) in [7, 11) is 0. The molecule has 1 aromatic carbocycles. The molecule has 0 bridgehead atoms. The van der Waals surface area contributed by atoms with Gasteiger partial charge in [0, 0.05) is 30.3 Å². The Kier molecular flexibility index (Phi) is 3.90. The molecule has 0 radical (unpaired) electrons. The molecule has 0 spiro atoms. The number of hydrogen-bond acceptors (Lipinski definition) is 3. The first-order valence-corrected chi connectivity index (χ1v) is 7.11. The van der Waals surface area contributed by atoms with E-state index in [0.29, 0.717) is 24.5 Å². The molecule has 1 atom stereocenters. The highest BCUT2D eigenvalue weighted by molar-refractivity contribution is 6.30. The van der Waals surface area contributed by atoms with Crippen LogP contribution in [0.15, 0.2) is 36.7 Å². The number of halogens is 1. The summed E-state index contributed by atoms with van der Waals surface area (Å²) in [5.41, 5.74) is 3.21. The molecule has 2 heterocycles. The molecule has 1 aliphatic heterocycles. The summed E-state index contributed by atoms with van der Waals surface area (Å²) in [6.45, 7) is 0.698. The van der Waals surface area contributed by atoms with E-state index in [9.17, 15) is 5.11 Å². The first-order chi connectivity index (χ1) is 9.72. The molecule has 0 saturated carbocycles. The lowest BCUT2D eigenvalue weighted by atomic mass is 9.99. The van der Waals surface area contributed by atoms with Crippen molar-refractivity contribution in [2.75, 3.05) is 6.61 Å². The minimum Gasteiger partial charge on any atom is -0.493 e. The second-order valence-corrected chi connectivity index (χ2v) is 5.51. The molecule has 3 rings (SSSR count). The Morgan fingerprint density at radius 2 is 2.05 bits per heavy atom. The maximum absolute atomic E-state index is 10.3. The number of nitrogens with zero attached hydrogens (tertiary/aromatic N) is 1. The van der Waals surface area contributed by atoms with Crippen LogP contribution < -0.4 is 4.74 Å². The molecule has 1 unspecified atom stereocenters. The van der Waals surface area contributed by atoms with E-state index in [1.165, 1.54) is 0 Å². The van der Waals surface area contributed by atoms with Crippen molar-refractivity contribution in [1.29, 1.82) is 0 Å². The molecule has 3 nitrogen and oxygen atoms in total. The zero-order valence-electron chi connectivity index (χ0n) is 11.1. The zero-order chi connectivity index (χ0) is 13.9. The third kappa shape index (κ3) is 2.94. The summed E-state index contributed by atoms with van der Waals surface area (Å²) in [5, 5.41) is 11.0. The van der Waals surface area contributed by atoms with Gasteiger partial charge in [0.25, 0.3) is 0 Å². The van der Waals surface area contributed by atoms with Crippen LogP contribution in [0.4, 0.5) is 0 Å². The van der Waals surface area contributed by atoms with Crippen LogP contribution >= 0.6 is 11.6 Å². The summed E-state index contributed by atoms with van der Waals surface area (Å²) in [6, 6.07) is 7.67. The molecule has 1 aromatic heterocycles. The van der Waals surface area contributed by atoms with Crippen molar-refractivity contribution < 1.29 is 9.84 Å². The number of ether oxygens (including phenoxy) is 1. The average molecular weight is 290 g/mol. The van der Waals surface area contributed by atoms with Gasteiger partial charge < -0.3 is 9.84 Å². The van der Waals surface area contributed by atoms with Gasteiger partial charge in [0.1, 0.15) is 5.75 Å². The van der Waals surface area contributed by atoms with Gasteiger partial charge >= 0.3 is 0 Å². The van der Waals surface area contributed by atoms with E-state index in [2.05, 4.69) is 4.98 Å². The lowest BCUT2D eigenvalue weighted by molar-refractivity contribution is 0.174. The Bertz CT molecular complexity index is 601. The quantitative estimate of drug-likeness (QED) is 0.941. The number of aromatic nitrogens is 1. The molecule has 0 amide bonds. The number of fused-ring (bicyclic) bond motifs is 1. The molecule has 1 aliphatic rings. The third-order valence-corrected chi connectivity index (χ3v) is 3.72. The number of benzene rings is 1. The zero-order valence-corrected chi connectivity index (χ0v) is 11.8. The predicted octanol–water partition coefficient (Wildman–Crippen LogP) is 2.82. The second-order valence-electron chi connectivity index (χ2n) is 5.07. The summed E-state index contributed by atoms with van der Waals surface area (Å²) >= 11 is 6.13.